The number of nitriles is 2. The molecule has 0 amide bonds. The lowest BCUT2D eigenvalue weighted by Crippen LogP contribution is -2.10. The van der Waals surface area contributed by atoms with Crippen LogP contribution in [0.3, 0.4) is 0 Å². The molecular formula is C12H18N2O4. The fraction of sp³-hybridized carbons (Fsp3) is 0.667. The van der Waals surface area contributed by atoms with E-state index in [9.17, 15) is 9.59 Å². The number of rotatable bonds is 6. The SMILES string of the molecule is CCCC(C#N)C(=O)O.CCC[C@H](C#N)C(=O)O. The zero-order chi connectivity index (χ0) is 14.6. The lowest BCUT2D eigenvalue weighted by molar-refractivity contribution is -0.141. The van der Waals surface area contributed by atoms with Crippen LogP contribution in [0.25, 0.3) is 0 Å². The minimum absolute atomic E-state index is 0.450. The van der Waals surface area contributed by atoms with Crippen LogP contribution in [0.1, 0.15) is 39.5 Å². The molecule has 2 atom stereocenters. The first-order valence-electron chi connectivity index (χ1n) is 5.69. The average molecular weight is 254 g/mol. The molecule has 100 valence electrons. The Kier molecular flexibility index (Phi) is 11.6. The van der Waals surface area contributed by atoms with Gasteiger partial charge in [-0.2, -0.15) is 10.5 Å². The molecule has 0 aromatic heterocycles. The van der Waals surface area contributed by atoms with Crippen molar-refractivity contribution in [3.63, 3.8) is 0 Å². The summed E-state index contributed by atoms with van der Waals surface area (Å²) in [4.78, 5) is 20.2. The van der Waals surface area contributed by atoms with Crippen molar-refractivity contribution in [3.8, 4) is 12.1 Å². The smallest absolute Gasteiger partial charge is 0.320 e. The van der Waals surface area contributed by atoms with E-state index in [0.29, 0.717) is 12.8 Å². The van der Waals surface area contributed by atoms with Gasteiger partial charge in [0.2, 0.25) is 0 Å². The molecule has 1 unspecified atom stereocenters. The van der Waals surface area contributed by atoms with Crippen molar-refractivity contribution in [2.45, 2.75) is 39.5 Å². The molecule has 0 spiro atoms. The van der Waals surface area contributed by atoms with Gasteiger partial charge >= 0.3 is 11.9 Å². The van der Waals surface area contributed by atoms with Crippen molar-refractivity contribution in [3.05, 3.63) is 0 Å². The third-order valence-corrected chi connectivity index (χ3v) is 2.06. The van der Waals surface area contributed by atoms with E-state index in [1.165, 1.54) is 0 Å². The number of carbonyl (C=O) groups is 2. The van der Waals surface area contributed by atoms with Crippen LogP contribution >= 0.6 is 0 Å². The summed E-state index contributed by atoms with van der Waals surface area (Å²) in [5.41, 5.74) is 0. The van der Waals surface area contributed by atoms with Crippen molar-refractivity contribution >= 4 is 11.9 Å². The molecule has 2 N–H and O–H groups in total. The lowest BCUT2D eigenvalue weighted by atomic mass is 10.1. The van der Waals surface area contributed by atoms with Crippen LogP contribution in [0.4, 0.5) is 0 Å². The van der Waals surface area contributed by atoms with E-state index < -0.39 is 23.8 Å². The Labute approximate surface area is 106 Å². The Hall–Kier alpha value is -2.08. The van der Waals surface area contributed by atoms with Gasteiger partial charge in [0.15, 0.2) is 0 Å². The molecule has 0 aromatic rings. The molecule has 0 saturated heterocycles. The van der Waals surface area contributed by atoms with Gasteiger partial charge in [-0.25, -0.2) is 0 Å². The molecule has 0 heterocycles. The zero-order valence-corrected chi connectivity index (χ0v) is 10.6. The first-order chi connectivity index (χ1) is 8.44. The molecule has 0 aromatic carbocycles. The number of carboxylic acids is 2. The Morgan fingerprint density at radius 1 is 0.944 bits per heavy atom. The first kappa shape index (κ1) is 18.3. The quantitative estimate of drug-likeness (QED) is 0.747. The molecule has 0 aliphatic rings. The van der Waals surface area contributed by atoms with Gasteiger partial charge in [0, 0.05) is 0 Å². The summed E-state index contributed by atoms with van der Waals surface area (Å²) in [6.07, 6.45) is 2.38. The van der Waals surface area contributed by atoms with Crippen LogP contribution in [0, 0.1) is 34.5 Å². The summed E-state index contributed by atoms with van der Waals surface area (Å²) >= 11 is 0. The number of aliphatic carboxylic acids is 2. The molecule has 0 fully saturated rings. The van der Waals surface area contributed by atoms with Crippen LogP contribution in [-0.2, 0) is 9.59 Å². The topological polar surface area (TPSA) is 122 Å². The maximum Gasteiger partial charge on any atom is 0.320 e. The highest BCUT2D eigenvalue weighted by Crippen LogP contribution is 2.04. The lowest BCUT2D eigenvalue weighted by Gasteiger charge is -1.97. The third kappa shape index (κ3) is 9.17. The van der Waals surface area contributed by atoms with Gasteiger partial charge in [-0.15, -0.1) is 0 Å². The Balaban J connectivity index is 0. The highest BCUT2D eigenvalue weighted by atomic mass is 16.4. The van der Waals surface area contributed by atoms with Gasteiger partial charge in [0.25, 0.3) is 0 Å². The molecule has 0 bridgehead atoms. The summed E-state index contributed by atoms with van der Waals surface area (Å²) in [6.45, 7) is 3.71. The molecule has 18 heavy (non-hydrogen) atoms. The summed E-state index contributed by atoms with van der Waals surface area (Å²) in [7, 11) is 0. The minimum atomic E-state index is -1.01. The zero-order valence-electron chi connectivity index (χ0n) is 10.6. The average Bonchev–Trinajstić information content (AvgIpc) is 2.32. The van der Waals surface area contributed by atoms with Gasteiger partial charge in [0.1, 0.15) is 11.8 Å². The second-order valence-electron chi connectivity index (χ2n) is 3.62. The van der Waals surface area contributed by atoms with Crippen LogP contribution in [0.2, 0.25) is 0 Å². The fourth-order valence-corrected chi connectivity index (χ4v) is 1.06. The number of hydrogen-bond donors (Lipinski definition) is 2. The van der Waals surface area contributed by atoms with E-state index >= 15 is 0 Å². The molecule has 6 nitrogen and oxygen atoms in total. The Morgan fingerprint density at radius 3 is 1.28 bits per heavy atom. The highest BCUT2D eigenvalue weighted by molar-refractivity contribution is 5.73. The van der Waals surface area contributed by atoms with Gasteiger partial charge in [-0.3, -0.25) is 9.59 Å². The van der Waals surface area contributed by atoms with Gasteiger partial charge < -0.3 is 10.2 Å². The monoisotopic (exact) mass is 254 g/mol. The summed E-state index contributed by atoms with van der Waals surface area (Å²) in [5, 5.41) is 33.0. The Morgan fingerprint density at radius 2 is 1.22 bits per heavy atom. The van der Waals surface area contributed by atoms with Gasteiger partial charge in [-0.05, 0) is 12.8 Å². The molecule has 0 aliphatic carbocycles. The van der Waals surface area contributed by atoms with Crippen molar-refractivity contribution in [1.29, 1.82) is 10.5 Å². The van der Waals surface area contributed by atoms with Crippen LogP contribution in [-0.4, -0.2) is 22.2 Å². The van der Waals surface area contributed by atoms with Gasteiger partial charge in [0.05, 0.1) is 12.1 Å². The molecule has 6 heteroatoms. The number of carboxylic acid groups (broad SMARTS) is 2. The second kappa shape index (κ2) is 11.4. The fourth-order valence-electron chi connectivity index (χ4n) is 1.06. The van der Waals surface area contributed by atoms with E-state index in [2.05, 4.69) is 0 Å². The normalized spacial score (nSPS) is 12.0. The minimum Gasteiger partial charge on any atom is -0.480 e. The molecule has 0 radical (unpaired) electrons. The van der Waals surface area contributed by atoms with E-state index in [4.69, 9.17) is 20.7 Å². The second-order valence-corrected chi connectivity index (χ2v) is 3.62. The van der Waals surface area contributed by atoms with Crippen molar-refractivity contribution < 1.29 is 19.8 Å². The van der Waals surface area contributed by atoms with E-state index in [0.717, 1.165) is 12.8 Å². The Bertz CT molecular complexity index is 307. The predicted molar refractivity (Wildman–Crippen MR) is 63.3 cm³/mol. The number of hydrogen-bond acceptors (Lipinski definition) is 4. The van der Waals surface area contributed by atoms with Crippen LogP contribution in [0.5, 0.6) is 0 Å². The largest absolute Gasteiger partial charge is 0.480 e. The van der Waals surface area contributed by atoms with Crippen LogP contribution in [0.15, 0.2) is 0 Å². The van der Waals surface area contributed by atoms with Crippen LogP contribution < -0.4 is 0 Å². The maximum atomic E-state index is 10.1. The van der Waals surface area contributed by atoms with Gasteiger partial charge in [-0.1, -0.05) is 26.7 Å². The molecule has 0 rings (SSSR count). The predicted octanol–water partition coefficient (Wildman–Crippen LogP) is 2.02. The van der Waals surface area contributed by atoms with Crippen molar-refractivity contribution in [2.75, 3.05) is 0 Å². The molecular weight excluding hydrogens is 236 g/mol. The summed E-state index contributed by atoms with van der Waals surface area (Å²) < 4.78 is 0. The molecule has 0 aliphatic heterocycles. The summed E-state index contributed by atoms with van der Waals surface area (Å²) in [5.74, 6) is -3.65. The van der Waals surface area contributed by atoms with E-state index in [1.54, 1.807) is 12.1 Å². The third-order valence-electron chi connectivity index (χ3n) is 2.06. The first-order valence-corrected chi connectivity index (χ1v) is 5.69. The molecule has 0 saturated carbocycles. The van der Waals surface area contributed by atoms with E-state index in [-0.39, 0.29) is 0 Å². The summed E-state index contributed by atoms with van der Waals surface area (Å²) in [6, 6.07) is 3.41. The maximum absolute atomic E-state index is 10.1. The van der Waals surface area contributed by atoms with Crippen molar-refractivity contribution in [2.24, 2.45) is 11.8 Å². The standard InChI is InChI=1S/2C6H9NO2/c2*1-2-3-5(4-7)6(8)9/h2*5H,2-3H2,1H3,(H,8,9)/t5-;/m1./s1. The van der Waals surface area contributed by atoms with E-state index in [1.807, 2.05) is 13.8 Å². The highest BCUT2D eigenvalue weighted by Gasteiger charge is 2.14. The number of nitrogens with zero attached hydrogens (tertiary/aromatic N) is 2. The van der Waals surface area contributed by atoms with Crippen molar-refractivity contribution in [1.82, 2.24) is 0 Å².